The van der Waals surface area contributed by atoms with Crippen molar-refractivity contribution in [3.63, 3.8) is 0 Å². The van der Waals surface area contributed by atoms with Crippen molar-refractivity contribution in [2.24, 2.45) is 0 Å². The number of nitrogen functional groups attached to an aromatic ring is 1. The van der Waals surface area contributed by atoms with Gasteiger partial charge in [-0.3, -0.25) is 0 Å². The fourth-order valence-electron chi connectivity index (χ4n) is 2.81. The van der Waals surface area contributed by atoms with Crippen LogP contribution in [0.25, 0.3) is 0 Å². The number of aryl methyl sites for hydroxylation is 2. The number of rotatable bonds is 2. The second-order valence-electron chi connectivity index (χ2n) is 5.20. The van der Waals surface area contributed by atoms with Crippen LogP contribution in [-0.2, 0) is 6.54 Å². The van der Waals surface area contributed by atoms with Crippen LogP contribution in [0.5, 0.6) is 0 Å². The molecule has 1 aromatic heterocycles. The number of anilines is 4. The lowest BCUT2D eigenvalue weighted by atomic mass is 10.1. The molecule has 2 N–H and O–H groups in total. The van der Waals surface area contributed by atoms with E-state index in [4.69, 9.17) is 5.73 Å². The normalized spacial score (nSPS) is 14.6. The minimum absolute atomic E-state index is 0.784. The van der Waals surface area contributed by atoms with Crippen LogP contribution in [0.1, 0.15) is 12.6 Å². The molecule has 5 nitrogen and oxygen atoms in total. The lowest BCUT2D eigenvalue weighted by Crippen LogP contribution is -2.37. The van der Waals surface area contributed by atoms with Gasteiger partial charge in [-0.25, -0.2) is 4.68 Å². The van der Waals surface area contributed by atoms with Gasteiger partial charge in [-0.15, -0.1) is 0 Å². The SMILES string of the molecule is CCn1nc(C)c(N)c1N1CCN(C)c2ccccc21. The van der Waals surface area contributed by atoms with Gasteiger partial charge in [0.15, 0.2) is 5.82 Å². The maximum absolute atomic E-state index is 6.26. The molecular formula is C15H21N5. The summed E-state index contributed by atoms with van der Waals surface area (Å²) < 4.78 is 1.99. The molecule has 0 unspecified atom stereocenters. The Morgan fingerprint density at radius 1 is 1.20 bits per heavy atom. The molecule has 0 fully saturated rings. The van der Waals surface area contributed by atoms with E-state index in [1.165, 1.54) is 11.4 Å². The van der Waals surface area contributed by atoms with Gasteiger partial charge < -0.3 is 15.5 Å². The van der Waals surface area contributed by atoms with Gasteiger partial charge in [0.2, 0.25) is 0 Å². The minimum atomic E-state index is 0.784. The lowest BCUT2D eigenvalue weighted by molar-refractivity contribution is 0.642. The lowest BCUT2D eigenvalue weighted by Gasteiger charge is -2.37. The van der Waals surface area contributed by atoms with Crippen molar-refractivity contribution in [1.29, 1.82) is 0 Å². The number of benzene rings is 1. The third-order valence-electron chi connectivity index (χ3n) is 3.94. The molecule has 20 heavy (non-hydrogen) atoms. The van der Waals surface area contributed by atoms with Gasteiger partial charge in [0.25, 0.3) is 0 Å². The molecule has 0 radical (unpaired) electrons. The first kappa shape index (κ1) is 12.8. The summed E-state index contributed by atoms with van der Waals surface area (Å²) in [6, 6.07) is 8.44. The van der Waals surface area contributed by atoms with Crippen molar-refractivity contribution in [1.82, 2.24) is 9.78 Å². The molecule has 0 aliphatic carbocycles. The van der Waals surface area contributed by atoms with Crippen molar-refractivity contribution in [3.05, 3.63) is 30.0 Å². The highest BCUT2D eigenvalue weighted by atomic mass is 15.4. The van der Waals surface area contributed by atoms with E-state index >= 15 is 0 Å². The maximum atomic E-state index is 6.26. The van der Waals surface area contributed by atoms with Crippen LogP contribution in [0.2, 0.25) is 0 Å². The summed E-state index contributed by atoms with van der Waals surface area (Å²) in [5, 5.41) is 4.53. The minimum Gasteiger partial charge on any atom is -0.394 e. The number of likely N-dealkylation sites (N-methyl/N-ethyl adjacent to an activating group) is 1. The first-order chi connectivity index (χ1) is 9.63. The first-order valence-corrected chi connectivity index (χ1v) is 7.04. The Morgan fingerprint density at radius 2 is 1.90 bits per heavy atom. The third kappa shape index (κ3) is 1.81. The molecular weight excluding hydrogens is 250 g/mol. The topological polar surface area (TPSA) is 50.3 Å². The van der Waals surface area contributed by atoms with Crippen LogP contribution in [-0.4, -0.2) is 29.9 Å². The van der Waals surface area contributed by atoms with Gasteiger partial charge in [-0.05, 0) is 26.0 Å². The van der Waals surface area contributed by atoms with Gasteiger partial charge in [0.1, 0.15) is 0 Å². The van der Waals surface area contributed by atoms with Crippen molar-refractivity contribution >= 4 is 22.9 Å². The van der Waals surface area contributed by atoms with E-state index in [1.807, 2.05) is 11.6 Å². The van der Waals surface area contributed by atoms with E-state index in [1.54, 1.807) is 0 Å². The quantitative estimate of drug-likeness (QED) is 0.911. The number of fused-ring (bicyclic) bond motifs is 1. The average Bonchev–Trinajstić information content (AvgIpc) is 2.75. The Labute approximate surface area is 119 Å². The predicted molar refractivity (Wildman–Crippen MR) is 83.8 cm³/mol. The van der Waals surface area contributed by atoms with E-state index in [9.17, 15) is 0 Å². The zero-order valence-corrected chi connectivity index (χ0v) is 12.3. The Balaban J connectivity index is 2.15. The van der Waals surface area contributed by atoms with Crippen molar-refractivity contribution in [2.75, 3.05) is 35.7 Å². The molecule has 3 rings (SSSR count). The molecule has 0 saturated heterocycles. The fourth-order valence-corrected chi connectivity index (χ4v) is 2.81. The Hall–Kier alpha value is -2.17. The Morgan fingerprint density at radius 3 is 2.60 bits per heavy atom. The molecule has 0 bridgehead atoms. The molecule has 2 heterocycles. The number of nitrogens with zero attached hydrogens (tertiary/aromatic N) is 4. The molecule has 0 amide bonds. The van der Waals surface area contributed by atoms with E-state index in [-0.39, 0.29) is 0 Å². The zero-order valence-electron chi connectivity index (χ0n) is 12.3. The Kier molecular flexibility index (Phi) is 3.04. The molecule has 1 aliphatic heterocycles. The summed E-state index contributed by atoms with van der Waals surface area (Å²) in [6.45, 7) is 6.78. The van der Waals surface area contributed by atoms with Crippen molar-refractivity contribution in [3.8, 4) is 0 Å². The van der Waals surface area contributed by atoms with Crippen LogP contribution in [0.3, 0.4) is 0 Å². The molecule has 1 aliphatic rings. The molecule has 0 atom stereocenters. The molecule has 5 heteroatoms. The van der Waals surface area contributed by atoms with Gasteiger partial charge in [-0.1, -0.05) is 12.1 Å². The number of hydrogen-bond donors (Lipinski definition) is 1. The van der Waals surface area contributed by atoms with E-state index in [2.05, 4.69) is 53.1 Å². The van der Waals surface area contributed by atoms with Crippen molar-refractivity contribution < 1.29 is 0 Å². The second kappa shape index (κ2) is 4.74. The second-order valence-corrected chi connectivity index (χ2v) is 5.20. The molecule has 0 spiro atoms. The third-order valence-corrected chi connectivity index (χ3v) is 3.94. The largest absolute Gasteiger partial charge is 0.394 e. The van der Waals surface area contributed by atoms with Crippen LogP contribution < -0.4 is 15.5 Å². The summed E-state index contributed by atoms with van der Waals surface area (Å²) in [4.78, 5) is 4.57. The van der Waals surface area contributed by atoms with E-state index in [0.717, 1.165) is 36.8 Å². The molecule has 0 saturated carbocycles. The Bertz CT molecular complexity index is 631. The number of aromatic nitrogens is 2. The number of hydrogen-bond acceptors (Lipinski definition) is 4. The predicted octanol–water partition coefficient (Wildman–Crippen LogP) is 2.38. The van der Waals surface area contributed by atoms with Gasteiger partial charge in [0.05, 0.1) is 22.8 Å². The maximum Gasteiger partial charge on any atom is 0.155 e. The fraction of sp³-hybridized carbons (Fsp3) is 0.400. The first-order valence-electron chi connectivity index (χ1n) is 7.04. The number of para-hydroxylation sites is 2. The summed E-state index contributed by atoms with van der Waals surface area (Å²) in [6.07, 6.45) is 0. The molecule has 106 valence electrons. The molecule has 1 aromatic carbocycles. The van der Waals surface area contributed by atoms with Gasteiger partial charge >= 0.3 is 0 Å². The summed E-state index contributed by atoms with van der Waals surface area (Å²) >= 11 is 0. The van der Waals surface area contributed by atoms with Gasteiger partial charge in [-0.2, -0.15) is 5.10 Å². The summed E-state index contributed by atoms with van der Waals surface area (Å²) in [5.41, 5.74) is 10.4. The standard InChI is InChI=1S/C15H21N5/c1-4-20-15(14(16)11(2)17-20)19-10-9-18(3)12-7-5-6-8-13(12)19/h5-8H,4,9-10,16H2,1-3H3. The number of nitrogens with two attached hydrogens (primary N) is 1. The highest BCUT2D eigenvalue weighted by molar-refractivity contribution is 5.82. The smallest absolute Gasteiger partial charge is 0.155 e. The monoisotopic (exact) mass is 271 g/mol. The van der Waals surface area contributed by atoms with Crippen LogP contribution in [0.15, 0.2) is 24.3 Å². The van der Waals surface area contributed by atoms with Crippen LogP contribution in [0.4, 0.5) is 22.9 Å². The van der Waals surface area contributed by atoms with Crippen molar-refractivity contribution in [2.45, 2.75) is 20.4 Å². The highest BCUT2D eigenvalue weighted by Gasteiger charge is 2.26. The summed E-state index contributed by atoms with van der Waals surface area (Å²) in [7, 11) is 2.13. The average molecular weight is 271 g/mol. The highest BCUT2D eigenvalue weighted by Crippen LogP contribution is 2.39. The van der Waals surface area contributed by atoms with E-state index in [0.29, 0.717) is 0 Å². The van der Waals surface area contributed by atoms with Crippen LogP contribution >= 0.6 is 0 Å². The van der Waals surface area contributed by atoms with Crippen LogP contribution in [0, 0.1) is 6.92 Å². The molecule has 2 aromatic rings. The van der Waals surface area contributed by atoms with E-state index < -0.39 is 0 Å². The summed E-state index contributed by atoms with van der Waals surface area (Å²) in [5.74, 6) is 1.02. The zero-order chi connectivity index (χ0) is 14.3. The van der Waals surface area contributed by atoms with Gasteiger partial charge in [0, 0.05) is 26.7 Å².